The van der Waals surface area contributed by atoms with Crippen molar-refractivity contribution in [2.24, 2.45) is 5.16 Å². The van der Waals surface area contributed by atoms with E-state index in [0.29, 0.717) is 17.2 Å². The molecule has 0 atom stereocenters. The number of thiophene rings is 1. The van der Waals surface area contributed by atoms with Crippen LogP contribution in [0.5, 0.6) is 5.75 Å². The summed E-state index contributed by atoms with van der Waals surface area (Å²) < 4.78 is 67.7. The van der Waals surface area contributed by atoms with Crippen molar-refractivity contribution in [2.75, 3.05) is 13.1 Å². The van der Waals surface area contributed by atoms with E-state index in [-0.39, 0.29) is 24.6 Å². The number of nitrogens with zero attached hydrogens (tertiary/aromatic N) is 2. The van der Waals surface area contributed by atoms with Crippen LogP contribution in [-0.2, 0) is 21.5 Å². The second kappa shape index (κ2) is 8.90. The highest BCUT2D eigenvalue weighted by Gasteiger charge is 2.32. The lowest BCUT2D eigenvalue weighted by Crippen LogP contribution is -2.38. The van der Waals surface area contributed by atoms with Crippen molar-refractivity contribution in [3.05, 3.63) is 45.6 Å². The molecule has 0 spiro atoms. The molecule has 12 heteroatoms. The van der Waals surface area contributed by atoms with Gasteiger partial charge in [0.1, 0.15) is 5.75 Å². The minimum atomic E-state index is -4.83. The van der Waals surface area contributed by atoms with Crippen LogP contribution in [-0.4, -0.2) is 37.9 Å². The zero-order valence-corrected chi connectivity index (χ0v) is 17.2. The van der Waals surface area contributed by atoms with Crippen molar-refractivity contribution in [1.82, 2.24) is 4.31 Å². The first kappa shape index (κ1) is 21.9. The van der Waals surface area contributed by atoms with Gasteiger partial charge in [-0.3, -0.25) is 0 Å². The first-order chi connectivity index (χ1) is 13.6. The van der Waals surface area contributed by atoms with E-state index in [1.807, 2.05) is 6.07 Å². The van der Waals surface area contributed by atoms with Crippen LogP contribution in [0, 0.1) is 0 Å². The van der Waals surface area contributed by atoms with Gasteiger partial charge in [0.15, 0.2) is 6.61 Å². The van der Waals surface area contributed by atoms with Gasteiger partial charge in [-0.15, -0.1) is 24.5 Å². The molecule has 158 valence electrons. The Bertz CT molecular complexity index is 965. The molecule has 3 rings (SSSR count). The van der Waals surface area contributed by atoms with Gasteiger partial charge in [0.25, 0.3) is 0 Å². The Morgan fingerprint density at radius 1 is 1.10 bits per heavy atom. The number of halogens is 4. The largest absolute Gasteiger partial charge is 0.573 e. The number of piperidine rings is 1. The van der Waals surface area contributed by atoms with Crippen LogP contribution >= 0.6 is 22.9 Å². The van der Waals surface area contributed by atoms with Crippen molar-refractivity contribution in [1.29, 1.82) is 0 Å². The van der Waals surface area contributed by atoms with Gasteiger partial charge >= 0.3 is 6.36 Å². The number of benzene rings is 1. The first-order valence-electron chi connectivity index (χ1n) is 8.41. The molecule has 0 amide bonds. The SMILES string of the molecule is O=S(=O)(c1ccc(OC(F)(F)F)cc1)N1CCC(=NOCc2ccc(Cl)s2)CC1. The van der Waals surface area contributed by atoms with E-state index >= 15 is 0 Å². The fourth-order valence-electron chi connectivity index (χ4n) is 2.65. The molecule has 1 aliphatic heterocycles. The summed E-state index contributed by atoms with van der Waals surface area (Å²) in [6.07, 6.45) is -4.03. The zero-order valence-electron chi connectivity index (χ0n) is 14.9. The highest BCUT2D eigenvalue weighted by atomic mass is 35.5. The Labute approximate surface area is 174 Å². The highest BCUT2D eigenvalue weighted by molar-refractivity contribution is 7.89. The van der Waals surface area contributed by atoms with Crippen LogP contribution in [0.3, 0.4) is 0 Å². The predicted molar refractivity (Wildman–Crippen MR) is 103 cm³/mol. The third-order valence-corrected chi connectivity index (χ3v) is 7.14. The van der Waals surface area contributed by atoms with E-state index < -0.39 is 22.1 Å². The molecular weight excluding hydrogens is 453 g/mol. The summed E-state index contributed by atoms with van der Waals surface area (Å²) >= 11 is 7.23. The van der Waals surface area contributed by atoms with Gasteiger partial charge < -0.3 is 9.57 Å². The van der Waals surface area contributed by atoms with E-state index in [9.17, 15) is 21.6 Å². The number of alkyl halides is 3. The van der Waals surface area contributed by atoms with Crippen molar-refractivity contribution < 1.29 is 31.2 Å². The average molecular weight is 469 g/mol. The average Bonchev–Trinajstić information content (AvgIpc) is 3.06. The number of rotatable bonds is 6. The number of oxime groups is 1. The first-order valence-corrected chi connectivity index (χ1v) is 11.0. The molecule has 1 aromatic heterocycles. The smallest absolute Gasteiger partial charge is 0.406 e. The molecule has 0 unspecified atom stereocenters. The molecule has 6 nitrogen and oxygen atoms in total. The quantitative estimate of drug-likeness (QED) is 0.578. The molecule has 1 aliphatic rings. The molecule has 0 N–H and O–H groups in total. The van der Waals surface area contributed by atoms with Crippen molar-refractivity contribution in [3.63, 3.8) is 0 Å². The Kier molecular flexibility index (Phi) is 6.72. The Hall–Kier alpha value is -1.82. The van der Waals surface area contributed by atoms with Crippen molar-refractivity contribution in [2.45, 2.75) is 30.7 Å². The summed E-state index contributed by atoms with van der Waals surface area (Å²) in [6, 6.07) is 7.74. The summed E-state index contributed by atoms with van der Waals surface area (Å²) in [5.74, 6) is -0.478. The summed E-state index contributed by atoms with van der Waals surface area (Å²) in [5, 5.41) is 4.06. The normalized spacial score (nSPS) is 15.9. The Balaban J connectivity index is 1.55. The molecule has 1 fully saturated rings. The fraction of sp³-hybridized carbons (Fsp3) is 0.353. The number of hydrogen-bond donors (Lipinski definition) is 0. The maximum atomic E-state index is 12.7. The van der Waals surface area contributed by atoms with Gasteiger partial charge in [-0.25, -0.2) is 8.42 Å². The molecule has 1 aromatic carbocycles. The van der Waals surface area contributed by atoms with Gasteiger partial charge in [0.2, 0.25) is 10.0 Å². The van der Waals surface area contributed by atoms with Crippen LogP contribution in [0.15, 0.2) is 46.4 Å². The van der Waals surface area contributed by atoms with E-state index in [2.05, 4.69) is 9.89 Å². The summed E-state index contributed by atoms with van der Waals surface area (Å²) in [6.45, 7) is 0.696. The molecule has 0 bridgehead atoms. The summed E-state index contributed by atoms with van der Waals surface area (Å²) in [4.78, 5) is 6.13. The minimum Gasteiger partial charge on any atom is -0.406 e. The van der Waals surface area contributed by atoms with Crippen molar-refractivity contribution in [3.8, 4) is 5.75 Å². The lowest BCUT2D eigenvalue weighted by Gasteiger charge is -2.26. The van der Waals surface area contributed by atoms with Gasteiger partial charge in [-0.2, -0.15) is 4.31 Å². The van der Waals surface area contributed by atoms with Gasteiger partial charge in [0, 0.05) is 30.8 Å². The monoisotopic (exact) mass is 468 g/mol. The fourth-order valence-corrected chi connectivity index (χ4v) is 5.09. The zero-order chi connectivity index (χ0) is 21.1. The van der Waals surface area contributed by atoms with Gasteiger partial charge in [-0.1, -0.05) is 16.8 Å². The number of hydrogen-bond acceptors (Lipinski definition) is 6. The minimum absolute atomic E-state index is 0.0989. The maximum Gasteiger partial charge on any atom is 0.573 e. The summed E-state index contributed by atoms with van der Waals surface area (Å²) in [5.41, 5.74) is 0.744. The lowest BCUT2D eigenvalue weighted by atomic mass is 10.1. The number of sulfonamides is 1. The van der Waals surface area contributed by atoms with Gasteiger partial charge in [0.05, 0.1) is 14.9 Å². The van der Waals surface area contributed by atoms with Crippen LogP contribution < -0.4 is 4.74 Å². The van der Waals surface area contributed by atoms with E-state index in [0.717, 1.165) is 34.9 Å². The molecular formula is C17H16ClF3N2O4S2. The van der Waals surface area contributed by atoms with Crippen LogP contribution in [0.4, 0.5) is 13.2 Å². The predicted octanol–water partition coefficient (Wildman–Crippen LogP) is 4.66. The second-order valence-electron chi connectivity index (χ2n) is 6.06. The molecule has 0 saturated carbocycles. The Morgan fingerprint density at radius 2 is 1.76 bits per heavy atom. The molecule has 1 saturated heterocycles. The Morgan fingerprint density at radius 3 is 2.31 bits per heavy atom. The maximum absolute atomic E-state index is 12.7. The number of ether oxygens (including phenoxy) is 1. The van der Waals surface area contributed by atoms with E-state index in [1.165, 1.54) is 15.6 Å². The standard InChI is InChI=1S/C17H16ClF3N2O4S2/c18-16-6-3-14(28-16)11-26-22-12-7-9-23(10-8-12)29(24,25)15-4-1-13(2-5-15)27-17(19,20)21/h1-6H,7-11H2. The highest BCUT2D eigenvalue weighted by Crippen LogP contribution is 2.26. The lowest BCUT2D eigenvalue weighted by molar-refractivity contribution is -0.274. The molecule has 2 aromatic rings. The van der Waals surface area contributed by atoms with Crippen LogP contribution in [0.1, 0.15) is 17.7 Å². The second-order valence-corrected chi connectivity index (χ2v) is 9.80. The third kappa shape index (κ3) is 6.08. The van der Waals surface area contributed by atoms with Crippen LogP contribution in [0.25, 0.3) is 0 Å². The molecule has 0 radical (unpaired) electrons. The topological polar surface area (TPSA) is 68.2 Å². The molecule has 0 aliphatic carbocycles. The summed E-state index contributed by atoms with van der Waals surface area (Å²) in [7, 11) is -3.82. The third-order valence-electron chi connectivity index (χ3n) is 4.02. The van der Waals surface area contributed by atoms with Crippen LogP contribution in [0.2, 0.25) is 4.34 Å². The molecule has 2 heterocycles. The van der Waals surface area contributed by atoms with Crippen molar-refractivity contribution >= 4 is 38.7 Å². The van der Waals surface area contributed by atoms with Gasteiger partial charge in [-0.05, 0) is 36.4 Å². The van der Waals surface area contributed by atoms with E-state index in [1.54, 1.807) is 6.07 Å². The van der Waals surface area contributed by atoms with E-state index in [4.69, 9.17) is 16.4 Å². The molecule has 29 heavy (non-hydrogen) atoms.